The number of aliphatic hydroxyl groups is 1. The van der Waals surface area contributed by atoms with Crippen molar-refractivity contribution in [2.75, 3.05) is 13.1 Å². The lowest BCUT2D eigenvalue weighted by molar-refractivity contribution is 0.0237. The van der Waals surface area contributed by atoms with E-state index in [4.69, 9.17) is 0 Å². The second kappa shape index (κ2) is 6.07. The first-order chi connectivity index (χ1) is 12.6. The van der Waals surface area contributed by atoms with Gasteiger partial charge < -0.3 is 5.11 Å². The molecule has 2 nitrogen and oxygen atoms in total. The number of nitrogens with zero attached hydrogens (tertiary/aromatic N) is 1. The van der Waals surface area contributed by atoms with Crippen LogP contribution in [0.25, 0.3) is 6.08 Å². The van der Waals surface area contributed by atoms with Crippen molar-refractivity contribution in [1.82, 2.24) is 4.90 Å². The summed E-state index contributed by atoms with van der Waals surface area (Å²) < 4.78 is 0. The Morgan fingerprint density at radius 3 is 2.50 bits per heavy atom. The largest absolute Gasteiger partial charge is 0.391 e. The van der Waals surface area contributed by atoms with Crippen molar-refractivity contribution in [1.29, 1.82) is 0 Å². The van der Waals surface area contributed by atoms with Gasteiger partial charge in [-0.05, 0) is 61.5 Å². The summed E-state index contributed by atoms with van der Waals surface area (Å²) in [6.07, 6.45) is 8.61. The van der Waals surface area contributed by atoms with E-state index >= 15 is 0 Å². The fourth-order valence-electron chi connectivity index (χ4n) is 5.33. The normalized spacial score (nSPS) is 26.7. The molecule has 2 atom stereocenters. The number of aliphatic hydroxyl groups excluding tert-OH is 1. The fourth-order valence-corrected chi connectivity index (χ4v) is 5.33. The molecule has 1 heterocycles. The molecule has 2 aromatic carbocycles. The zero-order valence-corrected chi connectivity index (χ0v) is 15.5. The Labute approximate surface area is 156 Å². The molecule has 0 saturated carbocycles. The van der Waals surface area contributed by atoms with Crippen LogP contribution >= 0.6 is 0 Å². The molecule has 134 valence electrons. The molecule has 1 saturated heterocycles. The van der Waals surface area contributed by atoms with Crippen LogP contribution < -0.4 is 0 Å². The van der Waals surface area contributed by atoms with E-state index in [1.54, 1.807) is 0 Å². The second-order valence-corrected chi connectivity index (χ2v) is 8.43. The highest BCUT2D eigenvalue weighted by atomic mass is 16.3. The van der Waals surface area contributed by atoms with Crippen molar-refractivity contribution in [3.05, 3.63) is 76.4 Å². The lowest BCUT2D eigenvalue weighted by Crippen LogP contribution is -2.53. The minimum Gasteiger partial charge on any atom is -0.391 e. The van der Waals surface area contributed by atoms with Crippen LogP contribution in [-0.4, -0.2) is 35.2 Å². The van der Waals surface area contributed by atoms with Crippen molar-refractivity contribution < 1.29 is 5.11 Å². The van der Waals surface area contributed by atoms with Gasteiger partial charge in [0.15, 0.2) is 0 Å². The standard InChI is InChI=1S/C24H27NO/c1-17-6-7-18-8-9-24(21(18)14-17)10-12-25(13-11-24)22-15-19-4-2-3-5-20(19)16-23(22)26/h2-9,14,22-23,26H,10-13,15-16H2,1H3. The molecular formula is C24H27NO. The van der Waals surface area contributed by atoms with Gasteiger partial charge in [0.05, 0.1) is 6.10 Å². The molecule has 3 aliphatic rings. The summed E-state index contributed by atoms with van der Waals surface area (Å²) in [6, 6.07) is 15.8. The Hall–Kier alpha value is -1.90. The molecule has 0 aromatic heterocycles. The summed E-state index contributed by atoms with van der Waals surface area (Å²) in [5.74, 6) is 0. The summed E-state index contributed by atoms with van der Waals surface area (Å²) in [4.78, 5) is 2.55. The number of benzene rings is 2. The maximum Gasteiger partial charge on any atom is 0.0738 e. The van der Waals surface area contributed by atoms with Crippen LogP contribution in [0.4, 0.5) is 0 Å². The molecule has 0 bridgehead atoms. The Bertz CT molecular complexity index is 860. The highest BCUT2D eigenvalue weighted by molar-refractivity contribution is 5.66. The number of piperidine rings is 1. The lowest BCUT2D eigenvalue weighted by Gasteiger charge is -2.45. The van der Waals surface area contributed by atoms with Crippen LogP contribution in [0.2, 0.25) is 0 Å². The molecular weight excluding hydrogens is 318 g/mol. The lowest BCUT2D eigenvalue weighted by atomic mass is 9.73. The van der Waals surface area contributed by atoms with Crippen molar-refractivity contribution in [3.63, 3.8) is 0 Å². The summed E-state index contributed by atoms with van der Waals surface area (Å²) in [5.41, 5.74) is 7.24. The molecule has 0 radical (unpaired) electrons. The quantitative estimate of drug-likeness (QED) is 0.848. The highest BCUT2D eigenvalue weighted by Gasteiger charge is 2.41. The maximum absolute atomic E-state index is 10.8. The average molecular weight is 345 g/mol. The monoisotopic (exact) mass is 345 g/mol. The first kappa shape index (κ1) is 16.3. The van der Waals surface area contributed by atoms with Crippen molar-refractivity contribution in [3.8, 4) is 0 Å². The number of fused-ring (bicyclic) bond motifs is 3. The summed E-state index contributed by atoms with van der Waals surface area (Å²) in [6.45, 7) is 4.33. The van der Waals surface area contributed by atoms with Gasteiger partial charge in [0.1, 0.15) is 0 Å². The minimum absolute atomic E-state index is 0.218. The Morgan fingerprint density at radius 1 is 1.00 bits per heavy atom. The van der Waals surface area contributed by atoms with E-state index < -0.39 is 0 Å². The second-order valence-electron chi connectivity index (χ2n) is 8.43. The van der Waals surface area contributed by atoms with E-state index in [0.29, 0.717) is 0 Å². The van der Waals surface area contributed by atoms with Gasteiger partial charge in [-0.15, -0.1) is 0 Å². The number of likely N-dealkylation sites (tertiary alicyclic amines) is 1. The molecule has 2 aliphatic carbocycles. The molecule has 26 heavy (non-hydrogen) atoms. The number of hydrogen-bond donors (Lipinski definition) is 1. The van der Waals surface area contributed by atoms with Crippen LogP contribution in [0.1, 0.15) is 40.7 Å². The topological polar surface area (TPSA) is 23.5 Å². The summed E-state index contributed by atoms with van der Waals surface area (Å²) >= 11 is 0. The smallest absolute Gasteiger partial charge is 0.0738 e. The molecule has 1 spiro atoms. The number of hydrogen-bond acceptors (Lipinski definition) is 2. The van der Waals surface area contributed by atoms with E-state index in [9.17, 15) is 5.11 Å². The van der Waals surface area contributed by atoms with Crippen molar-refractivity contribution >= 4 is 6.08 Å². The Kier molecular flexibility index (Phi) is 3.80. The first-order valence-electron chi connectivity index (χ1n) is 9.94. The van der Waals surface area contributed by atoms with Gasteiger partial charge in [-0.25, -0.2) is 0 Å². The molecule has 1 N–H and O–H groups in total. The van der Waals surface area contributed by atoms with Gasteiger partial charge in [0, 0.05) is 17.9 Å². The molecule has 2 aromatic rings. The molecule has 1 fully saturated rings. The molecule has 1 aliphatic heterocycles. The molecule has 5 rings (SSSR count). The highest BCUT2D eigenvalue weighted by Crippen LogP contribution is 2.44. The average Bonchev–Trinajstić information content (AvgIpc) is 3.00. The van der Waals surface area contributed by atoms with Crippen LogP contribution in [0.5, 0.6) is 0 Å². The Morgan fingerprint density at radius 2 is 1.73 bits per heavy atom. The molecule has 2 heteroatoms. The fraction of sp³-hybridized carbons (Fsp3) is 0.417. The van der Waals surface area contributed by atoms with Crippen LogP contribution in [0, 0.1) is 6.92 Å². The maximum atomic E-state index is 10.8. The predicted octanol–water partition coefficient (Wildman–Crippen LogP) is 3.88. The van der Waals surface area contributed by atoms with E-state index in [1.807, 2.05) is 0 Å². The Balaban J connectivity index is 1.35. The van der Waals surface area contributed by atoms with Gasteiger partial charge in [-0.3, -0.25) is 4.90 Å². The van der Waals surface area contributed by atoms with Crippen LogP contribution in [0.15, 0.2) is 48.5 Å². The van der Waals surface area contributed by atoms with Gasteiger partial charge in [0.2, 0.25) is 0 Å². The number of rotatable bonds is 1. The summed E-state index contributed by atoms with van der Waals surface area (Å²) in [7, 11) is 0. The van der Waals surface area contributed by atoms with Crippen LogP contribution in [-0.2, 0) is 18.3 Å². The SMILES string of the molecule is Cc1ccc2c(c1)C1(C=C2)CCN(C2Cc3ccccc3CC2O)CC1. The summed E-state index contributed by atoms with van der Waals surface area (Å²) in [5, 5.41) is 10.8. The number of allylic oxidation sites excluding steroid dienone is 1. The third kappa shape index (κ3) is 2.55. The molecule has 0 amide bonds. The first-order valence-corrected chi connectivity index (χ1v) is 9.94. The third-order valence-corrected chi connectivity index (χ3v) is 6.91. The van der Waals surface area contributed by atoms with Gasteiger partial charge in [-0.1, -0.05) is 60.2 Å². The van der Waals surface area contributed by atoms with Crippen molar-refractivity contribution in [2.24, 2.45) is 0 Å². The van der Waals surface area contributed by atoms with Gasteiger partial charge in [-0.2, -0.15) is 0 Å². The predicted molar refractivity (Wildman–Crippen MR) is 106 cm³/mol. The van der Waals surface area contributed by atoms with Gasteiger partial charge >= 0.3 is 0 Å². The zero-order chi connectivity index (χ0) is 17.7. The number of aryl methyl sites for hydroxylation is 1. The minimum atomic E-state index is -0.243. The van der Waals surface area contributed by atoms with E-state index in [-0.39, 0.29) is 17.6 Å². The van der Waals surface area contributed by atoms with E-state index in [1.165, 1.54) is 27.8 Å². The molecule has 2 unspecified atom stereocenters. The van der Waals surface area contributed by atoms with E-state index in [0.717, 1.165) is 38.8 Å². The van der Waals surface area contributed by atoms with Gasteiger partial charge in [0.25, 0.3) is 0 Å². The zero-order valence-electron chi connectivity index (χ0n) is 15.5. The third-order valence-electron chi connectivity index (χ3n) is 6.91. The van der Waals surface area contributed by atoms with E-state index in [2.05, 4.69) is 66.4 Å². The van der Waals surface area contributed by atoms with Crippen molar-refractivity contribution in [2.45, 2.75) is 50.2 Å². The van der Waals surface area contributed by atoms with Crippen LogP contribution in [0.3, 0.4) is 0 Å².